The van der Waals surface area contributed by atoms with Gasteiger partial charge in [0.2, 0.25) is 10.0 Å². The Balaban J connectivity index is 1.25. The fraction of sp³-hybridized carbons (Fsp3) is 0.500. The Labute approximate surface area is 221 Å². The lowest BCUT2D eigenvalue weighted by molar-refractivity contribution is 0.0735. The number of hydrogen-bond acceptors (Lipinski definition) is 5. The number of nitrogens with one attached hydrogen (secondary N) is 1. The van der Waals surface area contributed by atoms with Crippen molar-refractivity contribution in [1.82, 2.24) is 9.62 Å². The van der Waals surface area contributed by atoms with Crippen LogP contribution in [-0.2, 0) is 16.6 Å². The third-order valence-corrected chi connectivity index (χ3v) is 8.38. The van der Waals surface area contributed by atoms with Crippen LogP contribution < -0.4 is 9.46 Å². The van der Waals surface area contributed by atoms with Crippen LogP contribution >= 0.6 is 23.2 Å². The normalized spacial score (nSPS) is 24.1. The molecule has 2 aromatic carbocycles. The van der Waals surface area contributed by atoms with Gasteiger partial charge in [-0.25, -0.2) is 17.5 Å². The number of rotatable bonds is 8. The van der Waals surface area contributed by atoms with E-state index in [0.717, 1.165) is 62.5 Å². The second-order valence-corrected chi connectivity index (χ2v) is 13.0. The fourth-order valence-electron chi connectivity index (χ4n) is 5.71. The molecule has 36 heavy (non-hydrogen) atoms. The minimum Gasteiger partial charge on any atom is -0.493 e. The number of ether oxygens (including phenoxy) is 1. The van der Waals surface area contributed by atoms with E-state index >= 15 is 0 Å². The number of fused-ring (bicyclic) bond motifs is 2. The van der Waals surface area contributed by atoms with Crippen LogP contribution in [0.4, 0.5) is 4.39 Å². The highest BCUT2D eigenvalue weighted by Crippen LogP contribution is 2.46. The maximum atomic E-state index is 14.8. The van der Waals surface area contributed by atoms with Crippen LogP contribution in [-0.4, -0.2) is 44.2 Å². The van der Waals surface area contributed by atoms with Gasteiger partial charge in [-0.1, -0.05) is 23.2 Å². The minimum atomic E-state index is -3.79. The van der Waals surface area contributed by atoms with Gasteiger partial charge in [0.1, 0.15) is 11.6 Å². The van der Waals surface area contributed by atoms with Crippen molar-refractivity contribution in [2.24, 2.45) is 5.92 Å². The number of amides is 1. The highest BCUT2D eigenvalue weighted by atomic mass is 35.5. The zero-order valence-electron chi connectivity index (χ0n) is 20.0. The maximum Gasteiger partial charge on any atom is 0.267 e. The Morgan fingerprint density at radius 3 is 2.28 bits per heavy atom. The molecule has 2 saturated heterocycles. The summed E-state index contributed by atoms with van der Waals surface area (Å²) in [5.41, 5.74) is 1.61. The van der Waals surface area contributed by atoms with Crippen molar-refractivity contribution in [2.75, 3.05) is 12.9 Å². The molecule has 6 nitrogen and oxygen atoms in total. The van der Waals surface area contributed by atoms with Crippen molar-refractivity contribution < 1.29 is 22.3 Å². The van der Waals surface area contributed by atoms with Gasteiger partial charge in [-0.2, -0.15) is 0 Å². The number of halogens is 3. The number of hydrogen-bond donors (Lipinski definition) is 1. The summed E-state index contributed by atoms with van der Waals surface area (Å²) in [6.07, 6.45) is 7.02. The van der Waals surface area contributed by atoms with Gasteiger partial charge in [-0.15, -0.1) is 0 Å². The number of sulfonamides is 1. The Kier molecular flexibility index (Phi) is 7.24. The number of benzene rings is 2. The summed E-state index contributed by atoms with van der Waals surface area (Å²) in [6, 6.07) is 9.27. The van der Waals surface area contributed by atoms with Crippen molar-refractivity contribution in [2.45, 2.75) is 63.1 Å². The lowest BCUT2D eigenvalue weighted by Crippen LogP contribution is -2.43. The summed E-state index contributed by atoms with van der Waals surface area (Å²) in [5, 5.41) is 1.29. The third-order valence-electron chi connectivity index (χ3n) is 7.38. The van der Waals surface area contributed by atoms with E-state index in [1.165, 1.54) is 12.1 Å². The molecule has 3 aliphatic rings. The molecule has 3 fully saturated rings. The summed E-state index contributed by atoms with van der Waals surface area (Å²) in [7, 11) is -3.79. The highest BCUT2D eigenvalue weighted by Gasteiger charge is 2.41. The van der Waals surface area contributed by atoms with E-state index in [-0.39, 0.29) is 11.5 Å². The first-order valence-electron chi connectivity index (χ1n) is 12.2. The molecule has 1 aliphatic carbocycles. The molecule has 10 heteroatoms. The maximum absolute atomic E-state index is 14.8. The van der Waals surface area contributed by atoms with Crippen LogP contribution in [0, 0.1) is 11.7 Å². The predicted molar refractivity (Wildman–Crippen MR) is 138 cm³/mol. The molecular weight excluding hydrogens is 526 g/mol. The molecule has 194 valence electrons. The van der Waals surface area contributed by atoms with Crippen molar-refractivity contribution in [3.05, 3.63) is 62.9 Å². The molecule has 0 radical (unpaired) electrons. The Hall–Kier alpha value is -1.87. The zero-order chi connectivity index (χ0) is 25.6. The summed E-state index contributed by atoms with van der Waals surface area (Å²) in [6.45, 7) is 1.30. The number of carbonyl (C=O) groups excluding carboxylic acids is 1. The van der Waals surface area contributed by atoms with Gasteiger partial charge < -0.3 is 4.74 Å². The van der Waals surface area contributed by atoms with Gasteiger partial charge in [0.15, 0.2) is 0 Å². The molecule has 1 amide bonds. The first-order chi connectivity index (χ1) is 17.1. The smallest absolute Gasteiger partial charge is 0.267 e. The van der Waals surface area contributed by atoms with E-state index < -0.39 is 21.7 Å². The predicted octanol–water partition coefficient (Wildman–Crippen LogP) is 5.52. The Morgan fingerprint density at radius 2 is 1.69 bits per heavy atom. The van der Waals surface area contributed by atoms with Crippen molar-refractivity contribution in [1.29, 1.82) is 0 Å². The van der Waals surface area contributed by atoms with Gasteiger partial charge >= 0.3 is 0 Å². The van der Waals surface area contributed by atoms with Crippen molar-refractivity contribution in [3.8, 4) is 5.75 Å². The van der Waals surface area contributed by atoms with Gasteiger partial charge in [-0.05, 0) is 85.8 Å². The van der Waals surface area contributed by atoms with Gasteiger partial charge in [0.05, 0.1) is 18.4 Å². The first-order valence-corrected chi connectivity index (χ1v) is 14.9. The van der Waals surface area contributed by atoms with Gasteiger partial charge in [0, 0.05) is 34.7 Å². The quantitative estimate of drug-likeness (QED) is 0.464. The first kappa shape index (κ1) is 25.8. The fourth-order valence-corrected chi connectivity index (χ4v) is 6.73. The minimum absolute atomic E-state index is 0.202. The second-order valence-electron chi connectivity index (χ2n) is 10.3. The third kappa shape index (κ3) is 5.98. The SMILES string of the molecule is CS(=O)(=O)NC(=O)c1cc(C2CC2)c(OCC2CC3CC[C@@H](C2)N3Cc2cc(Cl)cc(Cl)c2)cc1F. The van der Waals surface area contributed by atoms with E-state index in [1.54, 1.807) is 6.07 Å². The molecule has 0 aromatic heterocycles. The zero-order valence-corrected chi connectivity index (χ0v) is 22.3. The average Bonchev–Trinajstić information content (AvgIpc) is 3.57. The topological polar surface area (TPSA) is 75.7 Å². The summed E-state index contributed by atoms with van der Waals surface area (Å²) in [4.78, 5) is 14.8. The molecule has 3 atom stereocenters. The van der Waals surface area contributed by atoms with Crippen LogP contribution in [0.2, 0.25) is 10.0 Å². The molecule has 2 aliphatic heterocycles. The van der Waals surface area contributed by atoms with E-state index in [0.29, 0.717) is 40.4 Å². The van der Waals surface area contributed by atoms with Crippen molar-refractivity contribution in [3.63, 3.8) is 0 Å². The summed E-state index contributed by atoms with van der Waals surface area (Å²) >= 11 is 12.4. The van der Waals surface area contributed by atoms with Crippen LogP contribution in [0.5, 0.6) is 5.75 Å². The molecule has 5 rings (SSSR count). The van der Waals surface area contributed by atoms with E-state index in [1.807, 2.05) is 16.9 Å². The number of piperidine rings is 1. The van der Waals surface area contributed by atoms with E-state index in [9.17, 15) is 17.6 Å². The second kappa shape index (κ2) is 10.1. The highest BCUT2D eigenvalue weighted by molar-refractivity contribution is 7.89. The molecule has 2 heterocycles. The Bertz CT molecular complexity index is 1250. The molecule has 1 N–H and O–H groups in total. The summed E-state index contributed by atoms with van der Waals surface area (Å²) < 4.78 is 45.6. The van der Waals surface area contributed by atoms with E-state index in [4.69, 9.17) is 27.9 Å². The molecule has 2 aromatic rings. The number of carbonyl (C=O) groups is 1. The van der Waals surface area contributed by atoms with Gasteiger partial charge in [-0.3, -0.25) is 9.69 Å². The average molecular weight is 555 g/mol. The molecule has 0 spiro atoms. The van der Waals surface area contributed by atoms with Crippen LogP contribution in [0.15, 0.2) is 30.3 Å². The molecular formula is C26H29Cl2FN2O4S. The van der Waals surface area contributed by atoms with Crippen LogP contribution in [0.25, 0.3) is 0 Å². The lowest BCUT2D eigenvalue weighted by atomic mass is 9.91. The van der Waals surface area contributed by atoms with Crippen LogP contribution in [0.3, 0.4) is 0 Å². The van der Waals surface area contributed by atoms with Crippen molar-refractivity contribution >= 4 is 39.1 Å². The lowest BCUT2D eigenvalue weighted by Gasteiger charge is -2.39. The van der Waals surface area contributed by atoms with Crippen LogP contribution in [0.1, 0.15) is 65.9 Å². The summed E-state index contributed by atoms with van der Waals surface area (Å²) in [5.74, 6) is -0.744. The largest absolute Gasteiger partial charge is 0.493 e. The molecule has 2 bridgehead atoms. The standard InChI is InChI=1S/C26H29Cl2FN2O4S/c1-36(33,34)30-26(32)23-11-22(17-2-3-17)25(12-24(23)29)35-14-16-8-20-4-5-21(9-16)31(20)13-15-6-18(27)10-19(28)7-15/h6-7,10-12,16-17,20-21H,2-5,8-9,13-14H2,1H3,(H,30,32)/t16?,20-,21?/m0/s1. The Morgan fingerprint density at radius 1 is 1.06 bits per heavy atom. The molecule has 2 unspecified atom stereocenters. The molecule has 1 saturated carbocycles. The monoisotopic (exact) mass is 554 g/mol. The number of nitrogens with zero attached hydrogens (tertiary/aromatic N) is 1. The van der Waals surface area contributed by atoms with E-state index in [2.05, 4.69) is 4.90 Å². The van der Waals surface area contributed by atoms with Gasteiger partial charge in [0.25, 0.3) is 5.91 Å².